The lowest BCUT2D eigenvalue weighted by Crippen LogP contribution is -2.17. The highest BCUT2D eigenvalue weighted by atomic mass is 19.2. The second-order valence-corrected chi connectivity index (χ2v) is 9.64. The van der Waals surface area contributed by atoms with E-state index in [9.17, 15) is 9.18 Å². The van der Waals surface area contributed by atoms with Gasteiger partial charge in [-0.05, 0) is 6.07 Å². The summed E-state index contributed by atoms with van der Waals surface area (Å²) in [5, 5.41) is 12.8. The van der Waals surface area contributed by atoms with Gasteiger partial charge in [-0.1, -0.05) is 0 Å². The summed E-state index contributed by atoms with van der Waals surface area (Å²) in [5.41, 5.74) is 3.19. The van der Waals surface area contributed by atoms with Gasteiger partial charge in [-0.2, -0.15) is 0 Å². The smallest absolute Gasteiger partial charge is 0.196 e. The molecule has 5 aromatic heterocycles. The lowest BCUT2D eigenvalue weighted by atomic mass is 10.0. The number of aromatic amines is 1. The van der Waals surface area contributed by atoms with Gasteiger partial charge in [-0.25, -0.2) is 23.7 Å². The lowest BCUT2D eigenvalue weighted by molar-refractivity contribution is -0.0116. The average molecular weight is 562 g/mol. The third-order valence-corrected chi connectivity index (χ3v) is 6.94. The van der Waals surface area contributed by atoms with E-state index in [1.807, 2.05) is 0 Å². The monoisotopic (exact) mass is 561 g/mol. The van der Waals surface area contributed by atoms with E-state index >= 15 is 4.39 Å². The highest BCUT2D eigenvalue weighted by Crippen LogP contribution is 2.42. The van der Waals surface area contributed by atoms with Crippen LogP contribution < -0.4 is 15.6 Å². The molecule has 0 saturated heterocycles. The van der Waals surface area contributed by atoms with Crippen LogP contribution in [-0.4, -0.2) is 57.5 Å². The number of aliphatic hydroxyl groups is 1. The van der Waals surface area contributed by atoms with Crippen molar-refractivity contribution in [1.29, 1.82) is 0 Å². The van der Waals surface area contributed by atoms with Gasteiger partial charge in [0, 0.05) is 62.5 Å². The van der Waals surface area contributed by atoms with Crippen LogP contribution in [0.4, 0.5) is 20.2 Å². The van der Waals surface area contributed by atoms with Gasteiger partial charge in [-0.15, -0.1) is 0 Å². The average Bonchev–Trinajstić information content (AvgIpc) is 3.63. The third kappa shape index (κ3) is 4.35. The van der Waals surface area contributed by atoms with Crippen molar-refractivity contribution in [1.82, 2.24) is 24.5 Å². The van der Waals surface area contributed by atoms with Crippen molar-refractivity contribution in [3.05, 3.63) is 76.5 Å². The molecule has 41 heavy (non-hydrogen) atoms. The van der Waals surface area contributed by atoms with Crippen LogP contribution in [0.3, 0.4) is 0 Å². The molecule has 0 atom stereocenters. The van der Waals surface area contributed by atoms with Crippen molar-refractivity contribution >= 4 is 44.3 Å². The Balaban J connectivity index is 1.62. The molecule has 210 valence electrons. The van der Waals surface area contributed by atoms with E-state index in [1.54, 1.807) is 61.5 Å². The van der Waals surface area contributed by atoms with Gasteiger partial charge in [0.15, 0.2) is 23.5 Å². The fourth-order valence-electron chi connectivity index (χ4n) is 5.16. The number of ether oxygens (including phenoxy) is 1. The molecule has 3 N–H and O–H groups in total. The van der Waals surface area contributed by atoms with Gasteiger partial charge < -0.3 is 34.0 Å². The Hall–Kier alpha value is -4.88. The van der Waals surface area contributed by atoms with E-state index in [4.69, 9.17) is 14.3 Å². The number of H-pyrrole nitrogens is 1. The van der Waals surface area contributed by atoms with Gasteiger partial charge in [0.05, 0.1) is 52.4 Å². The summed E-state index contributed by atoms with van der Waals surface area (Å²) >= 11 is 0. The number of fused-ring (bicyclic) bond motifs is 4. The summed E-state index contributed by atoms with van der Waals surface area (Å²) in [7, 11) is 5.20. The maximum Gasteiger partial charge on any atom is 0.196 e. The number of rotatable bonds is 8. The standard InChI is InChI=1S/C28H25F2N7O4/c1-31-20-5-19(29)23(30)21-22-25(36(2)3)18(8-33-27(22)35-24(20)21)14-4-17-26(39)15(11-40-13-38)9-37(28(17)34-6-14)10-16-7-32-12-41-16/h4-9,12,31,38H,10-11,13H2,1-3H3,(H,33,35). The highest BCUT2D eigenvalue weighted by molar-refractivity contribution is 6.18. The Morgan fingerprint density at radius 3 is 2.71 bits per heavy atom. The number of pyridine rings is 3. The van der Waals surface area contributed by atoms with E-state index in [0.717, 1.165) is 6.07 Å². The van der Waals surface area contributed by atoms with Crippen molar-refractivity contribution in [2.24, 2.45) is 0 Å². The summed E-state index contributed by atoms with van der Waals surface area (Å²) in [6.45, 7) is -0.414. The molecule has 5 heterocycles. The number of benzene rings is 1. The Morgan fingerprint density at radius 2 is 2.00 bits per heavy atom. The molecule has 0 bridgehead atoms. The molecule has 6 rings (SSSR count). The lowest BCUT2D eigenvalue weighted by Gasteiger charge is -2.19. The number of nitrogens with zero attached hydrogens (tertiary/aromatic N) is 5. The summed E-state index contributed by atoms with van der Waals surface area (Å²) in [5.74, 6) is -1.43. The van der Waals surface area contributed by atoms with E-state index in [2.05, 4.69) is 25.3 Å². The number of aromatic nitrogens is 5. The number of halogens is 2. The molecule has 0 amide bonds. The predicted molar refractivity (Wildman–Crippen MR) is 150 cm³/mol. The Labute approximate surface area is 231 Å². The molecule has 0 spiro atoms. The fourth-order valence-corrected chi connectivity index (χ4v) is 5.16. The predicted octanol–water partition coefficient (Wildman–Crippen LogP) is 3.98. The zero-order valence-corrected chi connectivity index (χ0v) is 22.3. The molecule has 0 aliphatic heterocycles. The molecule has 0 fully saturated rings. The van der Waals surface area contributed by atoms with Crippen LogP contribution in [0.1, 0.15) is 11.3 Å². The van der Waals surface area contributed by atoms with Gasteiger partial charge in [-0.3, -0.25) is 4.79 Å². The van der Waals surface area contributed by atoms with Crippen LogP contribution in [0.2, 0.25) is 0 Å². The quantitative estimate of drug-likeness (QED) is 0.236. The van der Waals surface area contributed by atoms with Gasteiger partial charge in [0.2, 0.25) is 0 Å². The van der Waals surface area contributed by atoms with Crippen molar-refractivity contribution in [2.45, 2.75) is 13.2 Å². The van der Waals surface area contributed by atoms with Gasteiger partial charge in [0.25, 0.3) is 0 Å². The molecule has 0 radical (unpaired) electrons. The minimum absolute atomic E-state index is 0.0639. The zero-order chi connectivity index (χ0) is 28.8. The molecule has 11 nitrogen and oxygen atoms in total. The first-order valence-electron chi connectivity index (χ1n) is 12.6. The number of aliphatic hydroxyl groups excluding tert-OH is 1. The molecule has 1 aromatic carbocycles. The zero-order valence-electron chi connectivity index (χ0n) is 22.3. The van der Waals surface area contributed by atoms with Crippen LogP contribution in [0.15, 0.2) is 52.5 Å². The minimum Gasteiger partial charge on any atom is -0.447 e. The largest absolute Gasteiger partial charge is 0.447 e. The molecule has 0 aliphatic rings. The third-order valence-electron chi connectivity index (χ3n) is 6.94. The Kier molecular flexibility index (Phi) is 6.59. The van der Waals surface area contributed by atoms with Crippen LogP contribution >= 0.6 is 0 Å². The van der Waals surface area contributed by atoms with Gasteiger partial charge in [0.1, 0.15) is 23.8 Å². The fraction of sp³-hybridized carbons (Fsp3) is 0.214. The normalized spacial score (nSPS) is 11.7. The first kappa shape index (κ1) is 26.3. The molecule has 0 aliphatic carbocycles. The number of hydrogen-bond acceptors (Lipinski definition) is 9. The topological polar surface area (TPSA) is 134 Å². The molecular formula is C28H25F2N7O4. The molecular weight excluding hydrogens is 536 g/mol. The van der Waals surface area contributed by atoms with Crippen LogP contribution in [-0.2, 0) is 17.9 Å². The molecule has 0 unspecified atom stereocenters. The first-order valence-corrected chi connectivity index (χ1v) is 12.6. The second-order valence-electron chi connectivity index (χ2n) is 9.64. The highest BCUT2D eigenvalue weighted by Gasteiger charge is 2.24. The van der Waals surface area contributed by atoms with E-state index < -0.39 is 18.4 Å². The Morgan fingerprint density at radius 1 is 1.17 bits per heavy atom. The second kappa shape index (κ2) is 10.3. The minimum atomic E-state index is -0.993. The van der Waals surface area contributed by atoms with E-state index in [0.29, 0.717) is 61.4 Å². The van der Waals surface area contributed by atoms with Crippen molar-refractivity contribution in [3.63, 3.8) is 0 Å². The van der Waals surface area contributed by atoms with Crippen LogP contribution in [0.5, 0.6) is 0 Å². The number of nitrogens with one attached hydrogen (secondary N) is 2. The van der Waals surface area contributed by atoms with Crippen molar-refractivity contribution < 1.29 is 23.0 Å². The first-order chi connectivity index (χ1) is 19.8. The maximum atomic E-state index is 15.3. The maximum absolute atomic E-state index is 15.3. The van der Waals surface area contributed by atoms with Crippen LogP contribution in [0, 0.1) is 11.6 Å². The van der Waals surface area contributed by atoms with E-state index in [-0.39, 0.29) is 24.0 Å². The van der Waals surface area contributed by atoms with Crippen molar-refractivity contribution in [3.8, 4) is 11.1 Å². The number of hydrogen-bond donors (Lipinski definition) is 3. The van der Waals surface area contributed by atoms with E-state index in [1.165, 1.54) is 6.39 Å². The Bertz CT molecular complexity index is 1980. The molecule has 13 heteroatoms. The summed E-state index contributed by atoms with van der Waals surface area (Å²) in [6.07, 6.45) is 7.69. The van der Waals surface area contributed by atoms with Gasteiger partial charge >= 0.3 is 0 Å². The summed E-state index contributed by atoms with van der Waals surface area (Å²) in [6, 6.07) is 2.78. The number of oxazole rings is 1. The number of anilines is 2. The molecule has 6 aromatic rings. The van der Waals surface area contributed by atoms with Crippen molar-refractivity contribution in [2.75, 3.05) is 38.2 Å². The summed E-state index contributed by atoms with van der Waals surface area (Å²) in [4.78, 5) is 31.5. The summed E-state index contributed by atoms with van der Waals surface area (Å²) < 4.78 is 42.2. The SMILES string of the molecule is CNc1cc(F)c(F)c2c1[nH]c1ncc(-c3cnc4c(c3)c(=O)c(COCO)cn4Cc3cnco3)c(N(C)C)c12. The molecule has 0 saturated carbocycles. The van der Waals surface area contributed by atoms with Crippen LogP contribution in [0.25, 0.3) is 44.1 Å².